The number of Topliss-reactive ketones (excluding diaryl/α,β-unsaturated/α-hetero) is 1. The van der Waals surface area contributed by atoms with Gasteiger partial charge in [-0.2, -0.15) is 0 Å². The summed E-state index contributed by atoms with van der Waals surface area (Å²) in [5, 5.41) is 11.1. The largest absolute Gasteiger partial charge is 0.454 e. The lowest BCUT2D eigenvalue weighted by atomic mass is 10.1. The van der Waals surface area contributed by atoms with E-state index in [9.17, 15) is 19.7 Å². The summed E-state index contributed by atoms with van der Waals surface area (Å²) in [5.41, 5.74) is 3.25. The number of hydrogen-bond acceptors (Lipinski definition) is 7. The van der Waals surface area contributed by atoms with E-state index in [-0.39, 0.29) is 23.8 Å². The summed E-state index contributed by atoms with van der Waals surface area (Å²) in [6, 6.07) is 13.5. The number of ketones is 1. The fourth-order valence-electron chi connectivity index (χ4n) is 3.76. The van der Waals surface area contributed by atoms with Crippen LogP contribution < -0.4 is 9.47 Å². The molecule has 9 heteroatoms. The van der Waals surface area contributed by atoms with E-state index in [1.165, 1.54) is 24.3 Å². The third-order valence-corrected chi connectivity index (χ3v) is 5.53. The maximum Gasteiger partial charge on any atom is 0.331 e. The number of carbonyl (C=O) groups excluding carboxylic acids is 2. The highest BCUT2D eigenvalue weighted by Crippen LogP contribution is 2.33. The Balaban J connectivity index is 1.40. The monoisotopic (exact) mass is 462 g/mol. The quantitative estimate of drug-likeness (QED) is 0.162. The Morgan fingerprint density at radius 3 is 2.68 bits per heavy atom. The highest BCUT2D eigenvalue weighted by molar-refractivity contribution is 6.00. The zero-order valence-corrected chi connectivity index (χ0v) is 18.6. The van der Waals surface area contributed by atoms with Gasteiger partial charge in [0.2, 0.25) is 12.6 Å². The van der Waals surface area contributed by atoms with Crippen molar-refractivity contribution in [3.63, 3.8) is 0 Å². The van der Waals surface area contributed by atoms with Crippen molar-refractivity contribution in [2.24, 2.45) is 0 Å². The van der Waals surface area contributed by atoms with Gasteiger partial charge in [0.05, 0.1) is 10.5 Å². The van der Waals surface area contributed by atoms with Gasteiger partial charge in [-0.05, 0) is 49.8 Å². The molecule has 9 nitrogen and oxygen atoms in total. The number of para-hydroxylation sites is 1. The summed E-state index contributed by atoms with van der Waals surface area (Å²) in [5.74, 6) is 0.300. The minimum Gasteiger partial charge on any atom is -0.454 e. The van der Waals surface area contributed by atoms with Gasteiger partial charge in [0.1, 0.15) is 0 Å². The molecular formula is C25H22N2O7. The van der Waals surface area contributed by atoms with E-state index < -0.39 is 17.5 Å². The SMILES string of the molecule is Cc1cc(C(=O)COC(=O)C=Cc2ccccc2[N+](=O)[O-])c(C)n1Cc1ccc2c(c1)OCO2. The van der Waals surface area contributed by atoms with Crippen molar-refractivity contribution in [1.82, 2.24) is 4.57 Å². The average molecular weight is 462 g/mol. The van der Waals surface area contributed by atoms with Crippen LogP contribution in [0.3, 0.4) is 0 Å². The molecule has 174 valence electrons. The van der Waals surface area contributed by atoms with E-state index in [1.54, 1.807) is 12.1 Å². The standard InChI is InChI=1S/C25H22N2O7/c1-16-11-20(17(2)26(16)13-18-7-9-23-24(12-18)34-15-33-23)22(28)14-32-25(29)10-8-19-5-3-4-6-21(19)27(30)31/h3-12H,13-15H2,1-2H3. The Morgan fingerprint density at radius 2 is 1.88 bits per heavy atom. The van der Waals surface area contributed by atoms with Crippen molar-refractivity contribution >= 4 is 23.5 Å². The van der Waals surface area contributed by atoms with Crippen LogP contribution in [0.4, 0.5) is 5.69 Å². The first-order valence-corrected chi connectivity index (χ1v) is 10.5. The Hall–Kier alpha value is -4.40. The molecule has 0 fully saturated rings. The molecule has 3 aromatic rings. The van der Waals surface area contributed by atoms with Crippen LogP contribution in [0.5, 0.6) is 11.5 Å². The second-order valence-electron chi connectivity index (χ2n) is 7.74. The van der Waals surface area contributed by atoms with Crippen LogP contribution in [0, 0.1) is 24.0 Å². The first-order valence-electron chi connectivity index (χ1n) is 10.5. The van der Waals surface area contributed by atoms with Gasteiger partial charge in [0, 0.05) is 35.6 Å². The topological polar surface area (TPSA) is 110 Å². The number of hydrogen-bond donors (Lipinski definition) is 0. The minimum absolute atomic E-state index is 0.127. The second-order valence-corrected chi connectivity index (χ2v) is 7.74. The van der Waals surface area contributed by atoms with Gasteiger partial charge in [-0.1, -0.05) is 18.2 Å². The molecule has 1 aliphatic heterocycles. The molecule has 2 aromatic carbocycles. The predicted molar refractivity (Wildman–Crippen MR) is 123 cm³/mol. The highest BCUT2D eigenvalue weighted by Gasteiger charge is 2.19. The number of nitro groups is 1. The summed E-state index contributed by atoms with van der Waals surface area (Å²) < 4.78 is 17.8. The van der Waals surface area contributed by atoms with Crippen molar-refractivity contribution < 1.29 is 28.7 Å². The van der Waals surface area contributed by atoms with Crippen molar-refractivity contribution in [2.75, 3.05) is 13.4 Å². The lowest BCUT2D eigenvalue weighted by Crippen LogP contribution is -2.14. The van der Waals surface area contributed by atoms with Crippen molar-refractivity contribution in [3.05, 3.63) is 92.8 Å². The smallest absolute Gasteiger partial charge is 0.331 e. The molecule has 0 bridgehead atoms. The van der Waals surface area contributed by atoms with E-state index >= 15 is 0 Å². The maximum atomic E-state index is 12.7. The van der Waals surface area contributed by atoms with E-state index in [1.807, 2.05) is 36.6 Å². The van der Waals surface area contributed by atoms with Crippen molar-refractivity contribution in [1.29, 1.82) is 0 Å². The number of nitrogens with zero attached hydrogens (tertiary/aromatic N) is 2. The minimum atomic E-state index is -0.763. The fraction of sp³-hybridized carbons (Fsp3) is 0.200. The third kappa shape index (κ3) is 4.83. The molecule has 0 saturated heterocycles. The lowest BCUT2D eigenvalue weighted by molar-refractivity contribution is -0.385. The molecule has 0 spiro atoms. The Bertz CT molecular complexity index is 1310. The van der Waals surface area contributed by atoms with Crippen LogP contribution in [0.1, 0.15) is 32.9 Å². The molecule has 1 aromatic heterocycles. The predicted octanol–water partition coefficient (Wildman–Crippen LogP) is 4.23. The highest BCUT2D eigenvalue weighted by atomic mass is 16.7. The van der Waals surface area contributed by atoms with Crippen molar-refractivity contribution in [3.8, 4) is 11.5 Å². The molecule has 0 saturated carbocycles. The molecule has 0 unspecified atom stereocenters. The van der Waals surface area contributed by atoms with Gasteiger partial charge in [-0.3, -0.25) is 14.9 Å². The first kappa shape index (κ1) is 22.8. The molecule has 0 radical (unpaired) electrons. The maximum absolute atomic E-state index is 12.7. The normalized spacial score (nSPS) is 12.2. The van der Waals surface area contributed by atoms with Crippen LogP contribution in [0.15, 0.2) is 54.6 Å². The number of carbonyl (C=O) groups is 2. The summed E-state index contributed by atoms with van der Waals surface area (Å²) >= 11 is 0. The van der Waals surface area contributed by atoms with Gasteiger partial charge >= 0.3 is 5.97 Å². The molecule has 4 rings (SSSR count). The molecule has 0 aliphatic carbocycles. The zero-order valence-electron chi connectivity index (χ0n) is 18.6. The van der Waals surface area contributed by atoms with Crippen LogP contribution in [-0.4, -0.2) is 34.6 Å². The molecule has 0 N–H and O–H groups in total. The summed E-state index contributed by atoms with van der Waals surface area (Å²) in [4.78, 5) is 35.3. The molecule has 1 aliphatic rings. The molecular weight excluding hydrogens is 440 g/mol. The fourth-order valence-corrected chi connectivity index (χ4v) is 3.76. The van der Waals surface area contributed by atoms with Gasteiger partial charge in [0.15, 0.2) is 18.1 Å². The van der Waals surface area contributed by atoms with Gasteiger partial charge < -0.3 is 18.8 Å². The van der Waals surface area contributed by atoms with E-state index in [0.29, 0.717) is 23.6 Å². The second kappa shape index (κ2) is 9.62. The van der Waals surface area contributed by atoms with E-state index in [2.05, 4.69) is 0 Å². The van der Waals surface area contributed by atoms with E-state index in [4.69, 9.17) is 14.2 Å². The lowest BCUT2D eigenvalue weighted by Gasteiger charge is -2.10. The number of rotatable bonds is 8. The molecule has 2 heterocycles. The number of ether oxygens (including phenoxy) is 3. The number of aryl methyl sites for hydroxylation is 1. The number of aromatic nitrogens is 1. The number of esters is 1. The van der Waals surface area contributed by atoms with E-state index in [0.717, 1.165) is 23.0 Å². The first-order chi connectivity index (χ1) is 16.3. The molecule has 0 amide bonds. The number of nitro benzene ring substituents is 1. The molecule has 34 heavy (non-hydrogen) atoms. The van der Waals surface area contributed by atoms with Crippen LogP contribution in [0.25, 0.3) is 6.08 Å². The Labute approximate surface area is 195 Å². The Kier molecular flexibility index (Phi) is 6.44. The van der Waals surface area contributed by atoms with Crippen LogP contribution >= 0.6 is 0 Å². The van der Waals surface area contributed by atoms with Crippen LogP contribution in [0.2, 0.25) is 0 Å². The van der Waals surface area contributed by atoms with Crippen LogP contribution in [-0.2, 0) is 16.1 Å². The zero-order chi connectivity index (χ0) is 24.2. The molecule has 0 atom stereocenters. The third-order valence-electron chi connectivity index (χ3n) is 5.53. The van der Waals surface area contributed by atoms with Gasteiger partial charge in [0.25, 0.3) is 5.69 Å². The van der Waals surface area contributed by atoms with Crippen molar-refractivity contribution in [2.45, 2.75) is 20.4 Å². The number of fused-ring (bicyclic) bond motifs is 1. The van der Waals surface area contributed by atoms with Gasteiger partial charge in [-0.15, -0.1) is 0 Å². The summed E-state index contributed by atoms with van der Waals surface area (Å²) in [6.07, 6.45) is 2.36. The van der Waals surface area contributed by atoms with Gasteiger partial charge in [-0.25, -0.2) is 4.79 Å². The summed E-state index contributed by atoms with van der Waals surface area (Å²) in [6.45, 7) is 4.05. The number of benzene rings is 2. The summed E-state index contributed by atoms with van der Waals surface area (Å²) in [7, 11) is 0. The average Bonchev–Trinajstić information content (AvgIpc) is 3.40. The Morgan fingerprint density at radius 1 is 1.12 bits per heavy atom.